The van der Waals surface area contributed by atoms with E-state index in [0.29, 0.717) is 16.4 Å². The molecule has 0 saturated carbocycles. The molecule has 4 rings (SSSR count). The van der Waals surface area contributed by atoms with Gasteiger partial charge >= 0.3 is 13.3 Å². The van der Waals surface area contributed by atoms with Crippen LogP contribution in [0.4, 0.5) is 14.6 Å². The molecule has 0 saturated heterocycles. The van der Waals surface area contributed by atoms with E-state index >= 15 is 0 Å². The van der Waals surface area contributed by atoms with Crippen LogP contribution in [0.15, 0.2) is 48.7 Å². The fourth-order valence-corrected chi connectivity index (χ4v) is 4.34. The molecule has 0 aliphatic heterocycles. The average Bonchev–Trinajstić information content (AvgIpc) is 2.77. The number of anilines is 1. The second kappa shape index (κ2) is 8.91. The fraction of sp³-hybridized carbons (Fsp3) is 0.250. The van der Waals surface area contributed by atoms with E-state index in [2.05, 4.69) is 9.97 Å². The van der Waals surface area contributed by atoms with Crippen LogP contribution in [0.25, 0.3) is 21.8 Å². The Balaban J connectivity index is 1.67. The van der Waals surface area contributed by atoms with Crippen LogP contribution in [0.3, 0.4) is 0 Å². The van der Waals surface area contributed by atoms with E-state index < -0.39 is 19.7 Å². The van der Waals surface area contributed by atoms with Gasteiger partial charge in [-0.2, -0.15) is 8.78 Å². The normalized spacial score (nSPS) is 12.4. The molecule has 2 aromatic heterocycles. The molecule has 4 aromatic rings. The van der Waals surface area contributed by atoms with E-state index in [-0.39, 0.29) is 11.4 Å². The third-order valence-electron chi connectivity index (χ3n) is 5.86. The number of alkyl halides is 2. The summed E-state index contributed by atoms with van der Waals surface area (Å²) in [7, 11) is -3.96. The Morgan fingerprint density at radius 2 is 1.82 bits per heavy atom. The molecule has 10 heteroatoms. The van der Waals surface area contributed by atoms with Gasteiger partial charge in [0.25, 0.3) is 0 Å². The van der Waals surface area contributed by atoms with Crippen LogP contribution in [0.2, 0.25) is 0 Å². The van der Waals surface area contributed by atoms with Crippen molar-refractivity contribution >= 4 is 35.2 Å². The van der Waals surface area contributed by atoms with Gasteiger partial charge in [-0.05, 0) is 66.3 Å². The molecule has 0 radical (unpaired) electrons. The second-order valence-corrected chi connectivity index (χ2v) is 10.0. The predicted octanol–water partition coefficient (Wildman–Crippen LogP) is 4.78. The average molecular weight is 487 g/mol. The summed E-state index contributed by atoms with van der Waals surface area (Å²) in [5.41, 5.74) is 6.11. The number of hydrogen-bond acceptors (Lipinski definition) is 5. The number of nitrogens with two attached hydrogens (primary N) is 1. The highest BCUT2D eigenvalue weighted by atomic mass is 31.2. The first-order valence-electron chi connectivity index (χ1n) is 10.5. The maximum atomic E-state index is 13.9. The van der Waals surface area contributed by atoms with Gasteiger partial charge in [0.05, 0.1) is 12.6 Å². The lowest BCUT2D eigenvalue weighted by atomic mass is 9.99. The highest BCUT2D eigenvalue weighted by Gasteiger charge is 2.48. The molecule has 178 valence electrons. The van der Waals surface area contributed by atoms with Crippen molar-refractivity contribution in [2.45, 2.75) is 31.8 Å². The number of halogens is 2. The number of fused-ring (bicyclic) bond motifs is 3. The summed E-state index contributed by atoms with van der Waals surface area (Å²) in [6.45, 7) is 2.03. The van der Waals surface area contributed by atoms with E-state index in [1.54, 1.807) is 19.4 Å². The molecule has 0 aliphatic carbocycles. The zero-order chi connectivity index (χ0) is 24.7. The molecule has 0 amide bonds. The van der Waals surface area contributed by atoms with Crippen molar-refractivity contribution < 1.29 is 27.9 Å². The number of ether oxygens (including phenoxy) is 1. The fourth-order valence-electron chi connectivity index (χ4n) is 3.95. The number of methoxy groups -OCH3 is 1. The van der Waals surface area contributed by atoms with Gasteiger partial charge in [-0.15, -0.1) is 0 Å². The third-order valence-corrected chi connectivity index (χ3v) is 6.87. The Morgan fingerprint density at radius 3 is 2.50 bits per heavy atom. The van der Waals surface area contributed by atoms with E-state index in [1.807, 2.05) is 31.2 Å². The van der Waals surface area contributed by atoms with Crippen molar-refractivity contribution in [1.82, 2.24) is 9.97 Å². The summed E-state index contributed by atoms with van der Waals surface area (Å²) < 4.78 is 44.1. The van der Waals surface area contributed by atoms with Gasteiger partial charge in [0.2, 0.25) is 0 Å². The lowest BCUT2D eigenvalue weighted by Crippen LogP contribution is -2.19. The van der Waals surface area contributed by atoms with Crippen molar-refractivity contribution in [1.29, 1.82) is 0 Å². The Labute approximate surface area is 194 Å². The molecule has 34 heavy (non-hydrogen) atoms. The summed E-state index contributed by atoms with van der Waals surface area (Å²) in [6, 6.07) is 12.3. The van der Waals surface area contributed by atoms with Gasteiger partial charge < -0.3 is 20.3 Å². The first kappa shape index (κ1) is 24.0. The molecular formula is C24H24F2N3O4P. The molecule has 0 bridgehead atoms. The number of nitrogen functional groups attached to an aromatic ring is 1. The topological polar surface area (TPSA) is 119 Å². The van der Waals surface area contributed by atoms with Crippen molar-refractivity contribution in [3.8, 4) is 5.75 Å². The van der Waals surface area contributed by atoms with Crippen molar-refractivity contribution in [2.75, 3.05) is 12.8 Å². The van der Waals surface area contributed by atoms with Crippen molar-refractivity contribution in [3.05, 3.63) is 70.9 Å². The van der Waals surface area contributed by atoms with E-state index in [1.165, 1.54) is 17.7 Å². The van der Waals surface area contributed by atoms with E-state index in [0.717, 1.165) is 35.1 Å². The maximum absolute atomic E-state index is 13.9. The van der Waals surface area contributed by atoms with Gasteiger partial charge in [-0.1, -0.05) is 18.2 Å². The number of pyridine rings is 2. The maximum Gasteiger partial charge on any atom is 0.394 e. The van der Waals surface area contributed by atoms with Gasteiger partial charge in [0, 0.05) is 23.4 Å². The zero-order valence-corrected chi connectivity index (χ0v) is 19.5. The zero-order valence-electron chi connectivity index (χ0n) is 18.6. The quantitative estimate of drug-likeness (QED) is 0.254. The lowest BCUT2D eigenvalue weighted by molar-refractivity contribution is 0.0595. The first-order chi connectivity index (χ1) is 16.0. The van der Waals surface area contributed by atoms with Gasteiger partial charge in [0.1, 0.15) is 11.3 Å². The van der Waals surface area contributed by atoms with Crippen molar-refractivity contribution in [2.24, 2.45) is 0 Å². The van der Waals surface area contributed by atoms with Crippen LogP contribution in [-0.2, 0) is 23.8 Å². The number of nitrogens with zero attached hydrogens (tertiary/aromatic N) is 2. The summed E-state index contributed by atoms with van der Waals surface area (Å²) in [5.74, 6) is 0.958. The van der Waals surface area contributed by atoms with Crippen LogP contribution in [0.1, 0.15) is 22.3 Å². The number of aromatic nitrogens is 2. The minimum Gasteiger partial charge on any atom is -0.497 e. The van der Waals surface area contributed by atoms with Gasteiger partial charge in [0.15, 0.2) is 5.82 Å². The van der Waals surface area contributed by atoms with Gasteiger partial charge in [-0.25, -0.2) is 4.98 Å². The lowest BCUT2D eigenvalue weighted by Gasteiger charge is -2.17. The Kier molecular flexibility index (Phi) is 6.29. The van der Waals surface area contributed by atoms with Crippen LogP contribution in [0.5, 0.6) is 5.75 Å². The number of benzene rings is 2. The molecule has 0 fully saturated rings. The minimum atomic E-state index is -5.59. The Bertz CT molecular complexity index is 1440. The summed E-state index contributed by atoms with van der Waals surface area (Å²) in [5, 5.41) is 1.40. The number of aryl methyl sites for hydroxylation is 3. The smallest absolute Gasteiger partial charge is 0.394 e. The summed E-state index contributed by atoms with van der Waals surface area (Å²) in [4.78, 5) is 26.6. The largest absolute Gasteiger partial charge is 0.497 e. The molecule has 0 unspecified atom stereocenters. The summed E-state index contributed by atoms with van der Waals surface area (Å²) >= 11 is 0. The minimum absolute atomic E-state index is 0.0474. The third kappa shape index (κ3) is 4.73. The molecule has 0 aliphatic rings. The molecule has 2 heterocycles. The Morgan fingerprint density at radius 1 is 1.06 bits per heavy atom. The first-order valence-corrected chi connectivity index (χ1v) is 12.1. The van der Waals surface area contributed by atoms with Crippen LogP contribution < -0.4 is 10.5 Å². The van der Waals surface area contributed by atoms with E-state index in [4.69, 9.17) is 20.3 Å². The van der Waals surface area contributed by atoms with Crippen LogP contribution in [-0.4, -0.2) is 32.5 Å². The summed E-state index contributed by atoms with van der Waals surface area (Å²) in [6.07, 6.45) is 2.17. The molecule has 4 N–H and O–H groups in total. The van der Waals surface area contributed by atoms with Crippen LogP contribution >= 0.6 is 7.60 Å². The molecule has 7 nitrogen and oxygen atoms in total. The number of rotatable bonds is 7. The standard InChI is InChI=1S/C24H24F2N3O4P/c1-14-9-18(33-2)7-6-17(14)5-3-16-10-20-19-8-4-15(12-24(25,26)34(30,31)32)11-21(19)29-23(27)22(20)28-13-16/h4,6-11,13H,3,5,12H2,1-2H3,(H2,27,29)(H2,30,31,32). The SMILES string of the molecule is COc1ccc(CCc2cnc3c(N)nc4cc(CC(F)(F)P(=O)(O)O)ccc4c3c2)c(C)c1. The Hall–Kier alpha value is -3.13. The number of hydrogen-bond donors (Lipinski definition) is 3. The molecule has 0 atom stereocenters. The molecule has 0 spiro atoms. The van der Waals surface area contributed by atoms with E-state index in [9.17, 15) is 13.3 Å². The predicted molar refractivity (Wildman–Crippen MR) is 127 cm³/mol. The van der Waals surface area contributed by atoms with Gasteiger partial charge in [-0.3, -0.25) is 9.55 Å². The molecular weight excluding hydrogens is 463 g/mol. The monoisotopic (exact) mass is 487 g/mol. The molecule has 2 aromatic carbocycles. The second-order valence-electron chi connectivity index (χ2n) is 8.27. The van der Waals surface area contributed by atoms with Crippen molar-refractivity contribution in [3.63, 3.8) is 0 Å². The van der Waals surface area contributed by atoms with Crippen LogP contribution in [0, 0.1) is 6.92 Å². The highest BCUT2D eigenvalue weighted by Crippen LogP contribution is 2.54. The highest BCUT2D eigenvalue weighted by molar-refractivity contribution is 7.53.